The molecule has 3 nitrogen and oxygen atoms in total. The van der Waals surface area contributed by atoms with Crippen LogP contribution in [-0.4, -0.2) is 25.7 Å². The molecule has 0 N–H and O–H groups in total. The van der Waals surface area contributed by atoms with Gasteiger partial charge in [-0.25, -0.2) is 0 Å². The average molecular weight is 235 g/mol. The normalized spacial score (nSPS) is 18.8. The molecule has 1 unspecified atom stereocenters. The monoisotopic (exact) mass is 235 g/mol. The lowest BCUT2D eigenvalue weighted by atomic mass is 10.1. The summed E-state index contributed by atoms with van der Waals surface area (Å²) in [5.41, 5.74) is 2.62. The van der Waals surface area contributed by atoms with E-state index in [1.165, 1.54) is 11.3 Å². The highest BCUT2D eigenvalue weighted by molar-refractivity contribution is 5.59. The molecule has 1 aliphatic heterocycles. The first-order valence-corrected chi connectivity index (χ1v) is 6.37. The molecule has 0 fully saturated rings. The van der Waals surface area contributed by atoms with Crippen LogP contribution in [0, 0.1) is 0 Å². The van der Waals surface area contributed by atoms with E-state index < -0.39 is 0 Å². The van der Waals surface area contributed by atoms with Crippen molar-refractivity contribution in [2.24, 2.45) is 0 Å². The molecule has 0 aliphatic carbocycles. The highest BCUT2D eigenvalue weighted by Gasteiger charge is 2.32. The molecule has 1 heterocycles. The van der Waals surface area contributed by atoms with Crippen LogP contribution < -0.4 is 4.90 Å². The van der Waals surface area contributed by atoms with Crippen LogP contribution in [0.25, 0.3) is 0 Å². The summed E-state index contributed by atoms with van der Waals surface area (Å²) in [4.78, 5) is 2.24. The summed E-state index contributed by atoms with van der Waals surface area (Å²) in [5.74, 6) is 0. The van der Waals surface area contributed by atoms with E-state index >= 15 is 0 Å². The fraction of sp³-hybridized carbons (Fsp3) is 0.571. The molecular formula is C14H21NO2. The van der Waals surface area contributed by atoms with Crippen molar-refractivity contribution in [3.8, 4) is 0 Å². The number of hydrogen-bond donors (Lipinski definition) is 0. The Morgan fingerprint density at radius 2 is 1.88 bits per heavy atom. The zero-order valence-electron chi connectivity index (χ0n) is 10.8. The molecule has 1 aliphatic rings. The van der Waals surface area contributed by atoms with Crippen molar-refractivity contribution in [3.63, 3.8) is 0 Å². The Labute approximate surface area is 103 Å². The van der Waals surface area contributed by atoms with E-state index in [1.54, 1.807) is 0 Å². The topological polar surface area (TPSA) is 21.7 Å². The zero-order chi connectivity index (χ0) is 12.3. The van der Waals surface area contributed by atoms with Gasteiger partial charge in [0.15, 0.2) is 0 Å². The van der Waals surface area contributed by atoms with E-state index in [0.717, 1.165) is 6.42 Å². The van der Waals surface area contributed by atoms with E-state index in [0.29, 0.717) is 19.3 Å². The second kappa shape index (κ2) is 5.52. The molecule has 1 aromatic carbocycles. The minimum atomic E-state index is -0.261. The lowest BCUT2D eigenvalue weighted by Gasteiger charge is -2.32. The van der Waals surface area contributed by atoms with Gasteiger partial charge in [0.1, 0.15) is 0 Å². The summed E-state index contributed by atoms with van der Waals surface area (Å²) in [6.45, 7) is 7.54. The number of rotatable bonds is 5. The van der Waals surface area contributed by atoms with Crippen molar-refractivity contribution in [1.29, 1.82) is 0 Å². The van der Waals surface area contributed by atoms with Crippen LogP contribution in [0.4, 0.5) is 5.69 Å². The summed E-state index contributed by atoms with van der Waals surface area (Å²) >= 11 is 0. The molecule has 0 aromatic heterocycles. The van der Waals surface area contributed by atoms with Crippen molar-refractivity contribution < 1.29 is 9.47 Å². The number of anilines is 1. The minimum absolute atomic E-state index is 0.261. The Morgan fingerprint density at radius 1 is 1.24 bits per heavy atom. The maximum absolute atomic E-state index is 5.70. The number of nitrogens with zero attached hydrogens (tertiary/aromatic N) is 1. The second-order valence-corrected chi connectivity index (χ2v) is 4.31. The molecule has 1 aromatic rings. The Morgan fingerprint density at radius 3 is 2.53 bits per heavy atom. The second-order valence-electron chi connectivity index (χ2n) is 4.31. The van der Waals surface area contributed by atoms with Crippen molar-refractivity contribution in [3.05, 3.63) is 29.8 Å². The number of fused-ring (bicyclic) bond motifs is 1. The Hall–Kier alpha value is -1.06. The van der Waals surface area contributed by atoms with E-state index in [2.05, 4.69) is 36.1 Å². The molecular weight excluding hydrogens is 214 g/mol. The van der Waals surface area contributed by atoms with E-state index in [-0.39, 0.29) is 6.41 Å². The number of ether oxygens (including phenoxy) is 2. The fourth-order valence-electron chi connectivity index (χ4n) is 2.40. The molecule has 1 atom stereocenters. The SMILES string of the molecule is CCOC(OCC)N1c2ccccc2CC1C. The lowest BCUT2D eigenvalue weighted by Crippen LogP contribution is -2.43. The Bertz CT molecular complexity index is 361. The maximum atomic E-state index is 5.70. The number of para-hydroxylation sites is 1. The number of benzene rings is 1. The molecule has 0 radical (unpaired) electrons. The smallest absolute Gasteiger partial charge is 0.240 e. The summed E-state index contributed by atoms with van der Waals surface area (Å²) in [6, 6.07) is 8.91. The highest BCUT2D eigenvalue weighted by atomic mass is 16.7. The molecule has 94 valence electrons. The van der Waals surface area contributed by atoms with Crippen LogP contribution in [0.5, 0.6) is 0 Å². The first-order chi connectivity index (χ1) is 8.27. The van der Waals surface area contributed by atoms with Gasteiger partial charge in [-0.3, -0.25) is 0 Å². The molecule has 0 amide bonds. The van der Waals surface area contributed by atoms with Gasteiger partial charge in [-0.1, -0.05) is 18.2 Å². The zero-order valence-corrected chi connectivity index (χ0v) is 10.8. The van der Waals surface area contributed by atoms with Crippen LogP contribution in [0.1, 0.15) is 26.3 Å². The van der Waals surface area contributed by atoms with Crippen LogP contribution in [0.3, 0.4) is 0 Å². The van der Waals surface area contributed by atoms with Gasteiger partial charge in [0.05, 0.1) is 0 Å². The third-order valence-corrected chi connectivity index (χ3v) is 3.11. The van der Waals surface area contributed by atoms with Crippen LogP contribution in [0.2, 0.25) is 0 Å². The summed E-state index contributed by atoms with van der Waals surface area (Å²) < 4.78 is 11.4. The summed E-state index contributed by atoms with van der Waals surface area (Å²) in [5, 5.41) is 0. The lowest BCUT2D eigenvalue weighted by molar-refractivity contribution is -0.138. The van der Waals surface area contributed by atoms with Gasteiger partial charge >= 0.3 is 0 Å². The molecule has 0 bridgehead atoms. The quantitative estimate of drug-likeness (QED) is 0.732. The van der Waals surface area contributed by atoms with E-state index in [9.17, 15) is 0 Å². The highest BCUT2D eigenvalue weighted by Crippen LogP contribution is 2.33. The summed E-state index contributed by atoms with van der Waals surface area (Å²) in [7, 11) is 0. The van der Waals surface area contributed by atoms with Gasteiger partial charge in [0, 0.05) is 24.9 Å². The molecule has 17 heavy (non-hydrogen) atoms. The van der Waals surface area contributed by atoms with Crippen molar-refractivity contribution in [1.82, 2.24) is 0 Å². The van der Waals surface area contributed by atoms with Gasteiger partial charge in [-0.05, 0) is 38.8 Å². The van der Waals surface area contributed by atoms with Gasteiger partial charge in [0.2, 0.25) is 6.41 Å². The van der Waals surface area contributed by atoms with Gasteiger partial charge in [-0.15, -0.1) is 0 Å². The number of hydrogen-bond acceptors (Lipinski definition) is 3. The van der Waals surface area contributed by atoms with E-state index in [4.69, 9.17) is 9.47 Å². The van der Waals surface area contributed by atoms with Crippen LogP contribution in [-0.2, 0) is 15.9 Å². The average Bonchev–Trinajstić information content (AvgIpc) is 2.64. The third kappa shape index (κ3) is 2.45. The maximum Gasteiger partial charge on any atom is 0.240 e. The predicted molar refractivity (Wildman–Crippen MR) is 69.1 cm³/mol. The Kier molecular flexibility index (Phi) is 4.02. The Balaban J connectivity index is 2.23. The largest absolute Gasteiger partial charge is 0.335 e. The first kappa shape index (κ1) is 12.4. The van der Waals surface area contributed by atoms with Crippen molar-refractivity contribution in [2.75, 3.05) is 18.1 Å². The minimum Gasteiger partial charge on any atom is -0.335 e. The molecule has 0 saturated heterocycles. The first-order valence-electron chi connectivity index (χ1n) is 6.37. The fourth-order valence-corrected chi connectivity index (χ4v) is 2.40. The third-order valence-electron chi connectivity index (χ3n) is 3.11. The van der Waals surface area contributed by atoms with Gasteiger partial charge in [-0.2, -0.15) is 0 Å². The predicted octanol–water partition coefficient (Wildman–Crippen LogP) is 2.79. The van der Waals surface area contributed by atoms with E-state index in [1.807, 2.05) is 13.8 Å². The van der Waals surface area contributed by atoms with Crippen molar-refractivity contribution >= 4 is 5.69 Å². The van der Waals surface area contributed by atoms with Gasteiger partial charge < -0.3 is 14.4 Å². The summed E-state index contributed by atoms with van der Waals surface area (Å²) in [6.07, 6.45) is 0.802. The van der Waals surface area contributed by atoms with Gasteiger partial charge in [0.25, 0.3) is 0 Å². The molecule has 0 spiro atoms. The van der Waals surface area contributed by atoms with Crippen LogP contribution in [0.15, 0.2) is 24.3 Å². The molecule has 3 heteroatoms. The standard InChI is InChI=1S/C14H21NO2/c1-4-16-14(17-5-2)15-11(3)10-12-8-6-7-9-13(12)15/h6-9,11,14H,4-5,10H2,1-3H3. The molecule has 2 rings (SSSR count). The van der Waals surface area contributed by atoms with Crippen molar-refractivity contribution in [2.45, 2.75) is 39.6 Å². The molecule has 0 saturated carbocycles. The van der Waals surface area contributed by atoms with Crippen LogP contribution >= 0.6 is 0 Å².